The van der Waals surface area contributed by atoms with Crippen molar-refractivity contribution in [1.82, 2.24) is 10.6 Å². The molecule has 4 heteroatoms. The standard InChI is InChI=1S/C21H26N2O2/c24-19(15-16-11-13-22-14-12-16)23-20(17-7-3-1-4-8-17)21(25)18-9-5-2-6-10-18/h1-10,16,20-22,25H,11-15H2,(H,23,24)/t20-,21+/m0/s1. The van der Waals surface area contributed by atoms with Gasteiger partial charge in [-0.25, -0.2) is 0 Å². The van der Waals surface area contributed by atoms with Gasteiger partial charge >= 0.3 is 0 Å². The van der Waals surface area contributed by atoms with Gasteiger partial charge in [0.2, 0.25) is 5.91 Å². The zero-order valence-corrected chi connectivity index (χ0v) is 14.4. The highest BCUT2D eigenvalue weighted by Crippen LogP contribution is 2.29. The Bertz CT molecular complexity index is 654. The minimum Gasteiger partial charge on any atom is -0.386 e. The molecule has 1 aliphatic heterocycles. The number of amides is 1. The predicted molar refractivity (Wildman–Crippen MR) is 98.9 cm³/mol. The number of hydrogen-bond donors (Lipinski definition) is 3. The maximum atomic E-state index is 12.6. The van der Waals surface area contributed by atoms with Crippen LogP contribution in [-0.4, -0.2) is 24.1 Å². The first kappa shape index (κ1) is 17.6. The number of aliphatic hydroxyl groups excluding tert-OH is 1. The van der Waals surface area contributed by atoms with Gasteiger partial charge in [-0.05, 0) is 43.0 Å². The Kier molecular flexibility index (Phi) is 6.20. The summed E-state index contributed by atoms with van der Waals surface area (Å²) in [5.74, 6) is 0.433. The van der Waals surface area contributed by atoms with Crippen LogP contribution in [0.3, 0.4) is 0 Å². The molecular formula is C21H26N2O2. The molecule has 0 spiro atoms. The summed E-state index contributed by atoms with van der Waals surface area (Å²) in [4.78, 5) is 12.6. The van der Waals surface area contributed by atoms with Crippen LogP contribution in [0.25, 0.3) is 0 Å². The van der Waals surface area contributed by atoms with E-state index in [0.717, 1.165) is 37.1 Å². The normalized spacial score (nSPS) is 17.6. The lowest BCUT2D eigenvalue weighted by Gasteiger charge is -2.27. The first-order valence-corrected chi connectivity index (χ1v) is 9.02. The van der Waals surface area contributed by atoms with Crippen molar-refractivity contribution in [2.75, 3.05) is 13.1 Å². The van der Waals surface area contributed by atoms with Crippen molar-refractivity contribution in [3.63, 3.8) is 0 Å². The van der Waals surface area contributed by atoms with Crippen molar-refractivity contribution in [3.8, 4) is 0 Å². The number of carbonyl (C=O) groups is 1. The molecule has 2 atom stereocenters. The third kappa shape index (κ3) is 4.91. The van der Waals surface area contributed by atoms with Crippen molar-refractivity contribution in [2.24, 2.45) is 5.92 Å². The van der Waals surface area contributed by atoms with Gasteiger partial charge in [0, 0.05) is 6.42 Å². The number of aliphatic hydroxyl groups is 1. The number of nitrogens with one attached hydrogen (secondary N) is 2. The first-order chi connectivity index (χ1) is 12.2. The van der Waals surface area contributed by atoms with E-state index in [0.29, 0.717) is 12.3 Å². The molecule has 0 saturated carbocycles. The molecule has 0 aliphatic carbocycles. The number of piperidine rings is 1. The van der Waals surface area contributed by atoms with Crippen molar-refractivity contribution >= 4 is 5.91 Å². The smallest absolute Gasteiger partial charge is 0.220 e. The SMILES string of the molecule is O=C(CC1CCNCC1)N[C@@H](c1ccccc1)[C@H](O)c1ccccc1. The van der Waals surface area contributed by atoms with Gasteiger partial charge in [0.05, 0.1) is 6.04 Å². The highest BCUT2D eigenvalue weighted by atomic mass is 16.3. The minimum absolute atomic E-state index is 0.00994. The van der Waals surface area contributed by atoms with Gasteiger partial charge in [-0.3, -0.25) is 4.79 Å². The van der Waals surface area contributed by atoms with Crippen LogP contribution in [0.15, 0.2) is 60.7 Å². The molecule has 1 saturated heterocycles. The van der Waals surface area contributed by atoms with Crippen LogP contribution in [0.5, 0.6) is 0 Å². The predicted octanol–water partition coefficient (Wildman–Crippen LogP) is 2.97. The van der Waals surface area contributed by atoms with Gasteiger partial charge in [-0.2, -0.15) is 0 Å². The Morgan fingerprint density at radius 3 is 2.16 bits per heavy atom. The van der Waals surface area contributed by atoms with E-state index < -0.39 is 12.1 Å². The van der Waals surface area contributed by atoms with Crippen LogP contribution >= 0.6 is 0 Å². The van der Waals surface area contributed by atoms with Crippen LogP contribution in [0.4, 0.5) is 0 Å². The Morgan fingerprint density at radius 1 is 1.00 bits per heavy atom. The van der Waals surface area contributed by atoms with Crippen LogP contribution in [0.1, 0.15) is 42.5 Å². The number of benzene rings is 2. The molecule has 0 bridgehead atoms. The van der Waals surface area contributed by atoms with E-state index >= 15 is 0 Å². The van der Waals surface area contributed by atoms with Gasteiger partial charge in [0.15, 0.2) is 0 Å². The molecule has 3 N–H and O–H groups in total. The fraction of sp³-hybridized carbons (Fsp3) is 0.381. The third-order valence-electron chi connectivity index (χ3n) is 4.86. The van der Waals surface area contributed by atoms with Gasteiger partial charge in [-0.1, -0.05) is 60.7 Å². The zero-order valence-electron chi connectivity index (χ0n) is 14.4. The number of carbonyl (C=O) groups excluding carboxylic acids is 1. The largest absolute Gasteiger partial charge is 0.386 e. The quantitative estimate of drug-likeness (QED) is 0.759. The van der Waals surface area contributed by atoms with Gasteiger partial charge in [0.1, 0.15) is 6.10 Å². The van der Waals surface area contributed by atoms with E-state index in [9.17, 15) is 9.90 Å². The monoisotopic (exact) mass is 338 g/mol. The van der Waals surface area contributed by atoms with Crippen LogP contribution in [-0.2, 0) is 4.79 Å². The second kappa shape index (κ2) is 8.79. The molecule has 132 valence electrons. The topological polar surface area (TPSA) is 61.4 Å². The van der Waals surface area contributed by atoms with Gasteiger partial charge in [0.25, 0.3) is 0 Å². The molecule has 25 heavy (non-hydrogen) atoms. The van der Waals surface area contributed by atoms with Crippen molar-refractivity contribution in [1.29, 1.82) is 0 Å². The Morgan fingerprint density at radius 2 is 1.56 bits per heavy atom. The van der Waals surface area contributed by atoms with Crippen LogP contribution in [0, 0.1) is 5.92 Å². The second-order valence-electron chi connectivity index (χ2n) is 6.71. The van der Waals surface area contributed by atoms with Crippen molar-refractivity contribution < 1.29 is 9.90 Å². The van der Waals surface area contributed by atoms with Crippen LogP contribution < -0.4 is 10.6 Å². The fourth-order valence-corrected chi connectivity index (χ4v) is 3.43. The lowest BCUT2D eigenvalue weighted by molar-refractivity contribution is -0.123. The molecule has 2 aromatic rings. The lowest BCUT2D eigenvalue weighted by atomic mass is 9.92. The zero-order chi connectivity index (χ0) is 17.5. The summed E-state index contributed by atoms with van der Waals surface area (Å²) in [7, 11) is 0. The summed E-state index contributed by atoms with van der Waals surface area (Å²) >= 11 is 0. The number of hydrogen-bond acceptors (Lipinski definition) is 3. The van der Waals surface area contributed by atoms with E-state index in [-0.39, 0.29) is 5.91 Å². The molecule has 0 radical (unpaired) electrons. The van der Waals surface area contributed by atoms with Crippen molar-refractivity contribution in [3.05, 3.63) is 71.8 Å². The molecule has 1 amide bonds. The summed E-state index contributed by atoms with van der Waals surface area (Å²) in [5, 5.41) is 17.3. The Balaban J connectivity index is 1.73. The maximum Gasteiger partial charge on any atom is 0.220 e. The summed E-state index contributed by atoms with van der Waals surface area (Å²) in [5.41, 5.74) is 1.72. The lowest BCUT2D eigenvalue weighted by Crippen LogP contribution is -2.36. The molecule has 0 unspecified atom stereocenters. The molecule has 3 rings (SSSR count). The molecule has 2 aromatic carbocycles. The summed E-state index contributed by atoms with van der Waals surface area (Å²) in [6.45, 7) is 1.96. The Labute approximate surface area is 149 Å². The average Bonchev–Trinajstić information content (AvgIpc) is 2.68. The van der Waals surface area contributed by atoms with Crippen LogP contribution in [0.2, 0.25) is 0 Å². The van der Waals surface area contributed by atoms with Gasteiger partial charge < -0.3 is 15.7 Å². The maximum absolute atomic E-state index is 12.6. The molecular weight excluding hydrogens is 312 g/mol. The third-order valence-corrected chi connectivity index (χ3v) is 4.86. The molecule has 1 fully saturated rings. The molecule has 4 nitrogen and oxygen atoms in total. The van der Waals surface area contributed by atoms with E-state index in [2.05, 4.69) is 10.6 Å². The highest BCUT2D eigenvalue weighted by molar-refractivity contribution is 5.76. The van der Waals surface area contributed by atoms with Gasteiger partial charge in [-0.15, -0.1) is 0 Å². The molecule has 1 aliphatic rings. The summed E-state index contributed by atoms with van der Waals surface area (Å²) in [6, 6.07) is 18.7. The summed E-state index contributed by atoms with van der Waals surface area (Å²) < 4.78 is 0. The second-order valence-corrected chi connectivity index (χ2v) is 6.71. The molecule has 0 aromatic heterocycles. The van der Waals surface area contributed by atoms with Crippen molar-refractivity contribution in [2.45, 2.75) is 31.4 Å². The molecule has 1 heterocycles. The van der Waals surface area contributed by atoms with E-state index in [4.69, 9.17) is 0 Å². The fourth-order valence-electron chi connectivity index (χ4n) is 3.43. The van der Waals surface area contributed by atoms with E-state index in [1.807, 2.05) is 60.7 Å². The number of rotatable bonds is 6. The van der Waals surface area contributed by atoms with E-state index in [1.165, 1.54) is 0 Å². The van der Waals surface area contributed by atoms with E-state index in [1.54, 1.807) is 0 Å². The average molecular weight is 338 g/mol. The summed E-state index contributed by atoms with van der Waals surface area (Å²) in [6.07, 6.45) is 1.81. The Hall–Kier alpha value is -2.17. The highest BCUT2D eigenvalue weighted by Gasteiger charge is 2.26. The first-order valence-electron chi connectivity index (χ1n) is 9.02. The minimum atomic E-state index is -0.777.